The van der Waals surface area contributed by atoms with Gasteiger partial charge in [-0.15, -0.1) is 11.8 Å². The molecule has 2 aromatic rings. The van der Waals surface area contributed by atoms with Gasteiger partial charge in [-0.1, -0.05) is 30.3 Å². The zero-order chi connectivity index (χ0) is 34.9. The van der Waals surface area contributed by atoms with Crippen molar-refractivity contribution < 1.29 is 37.7 Å². The molecule has 4 heterocycles. The van der Waals surface area contributed by atoms with Crippen molar-refractivity contribution >= 4 is 29.7 Å². The highest BCUT2D eigenvalue weighted by atomic mass is 32.2. The Morgan fingerprint density at radius 1 is 1.04 bits per heavy atom. The first-order valence-corrected chi connectivity index (χ1v) is 18.4. The van der Waals surface area contributed by atoms with Crippen LogP contribution in [0.25, 0.3) is 0 Å². The van der Waals surface area contributed by atoms with E-state index in [1.165, 1.54) is 18.0 Å². The lowest BCUT2D eigenvalue weighted by molar-refractivity contribution is -0.202. The number of rotatable bonds is 10. The summed E-state index contributed by atoms with van der Waals surface area (Å²) in [6.07, 6.45) is 8.89. The number of thioether (sulfide) groups is 1. The van der Waals surface area contributed by atoms with Crippen molar-refractivity contribution in [3.63, 3.8) is 0 Å². The van der Waals surface area contributed by atoms with E-state index in [4.69, 9.17) is 23.4 Å². The first-order valence-electron chi connectivity index (χ1n) is 17.4. The molecule has 6 rings (SSSR count). The van der Waals surface area contributed by atoms with Crippen molar-refractivity contribution in [2.45, 2.75) is 133 Å². The number of oxazole rings is 1. The van der Waals surface area contributed by atoms with E-state index in [2.05, 4.69) is 4.98 Å². The molecule has 0 radical (unpaired) electrons. The van der Waals surface area contributed by atoms with Gasteiger partial charge in [0, 0.05) is 6.61 Å². The van der Waals surface area contributed by atoms with E-state index in [1.54, 1.807) is 45.7 Å². The van der Waals surface area contributed by atoms with Crippen LogP contribution in [0.1, 0.15) is 109 Å². The Kier molecular flexibility index (Phi) is 10.6. The van der Waals surface area contributed by atoms with Gasteiger partial charge in [0.05, 0.1) is 30.5 Å². The molecule has 49 heavy (non-hydrogen) atoms. The smallest absolute Gasteiger partial charge is 0.332 e. The van der Waals surface area contributed by atoms with Crippen LogP contribution in [0.3, 0.4) is 0 Å². The van der Waals surface area contributed by atoms with Crippen LogP contribution in [0.4, 0.5) is 4.79 Å². The molecule has 6 atom stereocenters. The molecule has 266 valence electrons. The number of esters is 1. The molecule has 4 aliphatic rings. The standard InChI is InChI=1S/C37H49N3O8S/c1-23-29-32(41)40(37(5,6)34(42)48-36(2,3)4)35(43)39(33(29)49-30(23)31-38-18-20-45-31)22-27(24-13-8-7-9-14-24)46-25-15-12-16-26(21-25)47-28-17-10-11-19-44-28/h7-9,13-14,18,20,25-28,30,33H,10-12,15-17,19,21-22H2,1-6H3/t25?,26?,27-,28?,30?,33?/m0/s1. The van der Waals surface area contributed by atoms with E-state index >= 15 is 0 Å². The average Bonchev–Trinajstić information content (AvgIpc) is 3.71. The Bertz CT molecular complexity index is 1520. The molecule has 12 heteroatoms. The molecule has 11 nitrogen and oxygen atoms in total. The molecule has 0 spiro atoms. The van der Waals surface area contributed by atoms with Gasteiger partial charge in [0.2, 0.25) is 5.89 Å². The van der Waals surface area contributed by atoms with E-state index in [9.17, 15) is 14.4 Å². The average molecular weight is 696 g/mol. The van der Waals surface area contributed by atoms with Crippen molar-refractivity contribution in [2.75, 3.05) is 13.2 Å². The van der Waals surface area contributed by atoms with Crippen molar-refractivity contribution in [2.24, 2.45) is 0 Å². The second-order valence-electron chi connectivity index (χ2n) is 14.9. The number of fused-ring (bicyclic) bond motifs is 1. The fourth-order valence-corrected chi connectivity index (χ4v) is 8.60. The summed E-state index contributed by atoms with van der Waals surface area (Å²) in [7, 11) is 0. The van der Waals surface area contributed by atoms with Gasteiger partial charge < -0.3 is 28.3 Å². The maximum absolute atomic E-state index is 14.7. The molecule has 0 bridgehead atoms. The van der Waals surface area contributed by atoms with Gasteiger partial charge in [0.1, 0.15) is 34.1 Å². The van der Waals surface area contributed by atoms with Crippen LogP contribution in [-0.4, -0.2) is 80.9 Å². The van der Waals surface area contributed by atoms with Crippen LogP contribution in [0.15, 0.2) is 58.4 Å². The molecular formula is C37H49N3O8S. The summed E-state index contributed by atoms with van der Waals surface area (Å²) in [5, 5.41) is -1.02. The molecule has 3 fully saturated rings. The predicted octanol–water partition coefficient (Wildman–Crippen LogP) is 7.10. The lowest BCUT2D eigenvalue weighted by Crippen LogP contribution is -2.66. The molecule has 1 aromatic heterocycles. The molecule has 5 unspecified atom stereocenters. The summed E-state index contributed by atoms with van der Waals surface area (Å²) in [6, 6.07) is 9.28. The van der Waals surface area contributed by atoms with E-state index in [1.807, 2.05) is 37.3 Å². The quantitative estimate of drug-likeness (QED) is 0.238. The van der Waals surface area contributed by atoms with Gasteiger partial charge in [0.15, 0.2) is 6.29 Å². The number of ether oxygens (including phenoxy) is 4. The highest BCUT2D eigenvalue weighted by molar-refractivity contribution is 8.00. The highest BCUT2D eigenvalue weighted by Crippen LogP contribution is 2.52. The molecule has 1 aliphatic carbocycles. The molecule has 1 aromatic carbocycles. The van der Waals surface area contributed by atoms with Crippen molar-refractivity contribution in [1.29, 1.82) is 0 Å². The number of aromatic nitrogens is 1. The van der Waals surface area contributed by atoms with Crippen LogP contribution in [0.2, 0.25) is 0 Å². The van der Waals surface area contributed by atoms with Gasteiger partial charge in [-0.3, -0.25) is 4.79 Å². The topological polar surface area (TPSA) is 121 Å². The van der Waals surface area contributed by atoms with Crippen molar-refractivity contribution in [1.82, 2.24) is 14.8 Å². The highest BCUT2D eigenvalue weighted by Gasteiger charge is 2.56. The summed E-state index contributed by atoms with van der Waals surface area (Å²) >= 11 is 1.43. The molecule has 2 saturated heterocycles. The Balaban J connectivity index is 1.31. The maximum Gasteiger partial charge on any atom is 0.332 e. The van der Waals surface area contributed by atoms with Crippen molar-refractivity contribution in [3.05, 3.63) is 65.4 Å². The number of benzene rings is 1. The third-order valence-electron chi connectivity index (χ3n) is 9.57. The lowest BCUT2D eigenvalue weighted by Gasteiger charge is -2.46. The van der Waals surface area contributed by atoms with E-state index in [-0.39, 0.29) is 30.3 Å². The fraction of sp³-hybridized carbons (Fsp3) is 0.622. The maximum atomic E-state index is 14.7. The van der Waals surface area contributed by atoms with E-state index < -0.39 is 40.5 Å². The number of carbonyl (C=O) groups excluding carboxylic acids is 3. The van der Waals surface area contributed by atoms with Crippen LogP contribution in [0.5, 0.6) is 0 Å². The molecule has 3 aliphatic heterocycles. The Morgan fingerprint density at radius 2 is 1.80 bits per heavy atom. The first kappa shape index (κ1) is 35.6. The lowest BCUT2D eigenvalue weighted by atomic mass is 9.94. The van der Waals surface area contributed by atoms with Gasteiger partial charge in [-0.25, -0.2) is 19.5 Å². The number of nitrogens with zero attached hydrogens (tertiary/aromatic N) is 3. The van der Waals surface area contributed by atoms with E-state index in [0.717, 1.165) is 67.6 Å². The predicted molar refractivity (Wildman–Crippen MR) is 183 cm³/mol. The number of hydrogen-bond donors (Lipinski definition) is 0. The molecule has 0 N–H and O–H groups in total. The van der Waals surface area contributed by atoms with Crippen LogP contribution < -0.4 is 0 Å². The summed E-state index contributed by atoms with van der Waals surface area (Å²) in [6.45, 7) is 11.1. The van der Waals surface area contributed by atoms with Gasteiger partial charge >= 0.3 is 12.0 Å². The SMILES string of the molecule is CC1=C2C(=O)N(C(C)(C)C(=O)OC(C)(C)C)C(=O)N(C[C@H](OC3CCCC(OC4CCCCO4)C3)c3ccccc3)C2SC1c1ncco1. The zero-order valence-corrected chi connectivity index (χ0v) is 30.2. The second-order valence-corrected chi connectivity index (χ2v) is 16.0. The third-order valence-corrected chi connectivity index (χ3v) is 11.1. The van der Waals surface area contributed by atoms with E-state index in [0.29, 0.717) is 11.5 Å². The number of hydrogen-bond acceptors (Lipinski definition) is 10. The summed E-state index contributed by atoms with van der Waals surface area (Å²) in [5.41, 5.74) is -0.321. The third kappa shape index (κ3) is 7.77. The molecular weight excluding hydrogens is 646 g/mol. The van der Waals surface area contributed by atoms with Crippen molar-refractivity contribution in [3.8, 4) is 0 Å². The second kappa shape index (κ2) is 14.6. The zero-order valence-electron chi connectivity index (χ0n) is 29.4. The number of amides is 3. The Hall–Kier alpha value is -3.19. The number of urea groups is 1. The largest absolute Gasteiger partial charge is 0.458 e. The monoisotopic (exact) mass is 695 g/mol. The minimum absolute atomic E-state index is 0.0294. The van der Waals surface area contributed by atoms with Gasteiger partial charge in [-0.05, 0) is 97.6 Å². The van der Waals surface area contributed by atoms with Crippen LogP contribution in [0, 0.1) is 0 Å². The van der Waals surface area contributed by atoms with Crippen LogP contribution >= 0.6 is 11.8 Å². The molecule has 1 saturated carbocycles. The summed E-state index contributed by atoms with van der Waals surface area (Å²) in [4.78, 5) is 49.8. The Labute approximate surface area is 293 Å². The van der Waals surface area contributed by atoms with Crippen LogP contribution in [-0.2, 0) is 28.5 Å². The Morgan fingerprint density at radius 3 is 2.47 bits per heavy atom. The number of imide groups is 1. The minimum Gasteiger partial charge on any atom is -0.458 e. The minimum atomic E-state index is -1.60. The summed E-state index contributed by atoms with van der Waals surface area (Å²) < 4.78 is 30.6. The fourth-order valence-electron chi connectivity index (χ4n) is 7.03. The molecule has 3 amide bonds. The first-order chi connectivity index (χ1) is 23.3. The van der Waals surface area contributed by atoms with Gasteiger partial charge in [-0.2, -0.15) is 0 Å². The number of carbonyl (C=O) groups is 3. The summed E-state index contributed by atoms with van der Waals surface area (Å²) in [5.74, 6) is -0.733. The normalized spacial score (nSPS) is 27.3. The van der Waals surface area contributed by atoms with Gasteiger partial charge in [0.25, 0.3) is 5.91 Å².